The van der Waals surface area contributed by atoms with Crippen molar-refractivity contribution in [2.75, 3.05) is 20.8 Å². The molecule has 1 rings (SSSR count). The van der Waals surface area contributed by atoms with Crippen molar-refractivity contribution in [2.24, 2.45) is 23.2 Å². The number of methoxy groups -OCH3 is 2. The van der Waals surface area contributed by atoms with Crippen molar-refractivity contribution in [1.29, 1.82) is 0 Å². The number of Topliss-reactive ketones (excluding diaryl/α,β-unsaturated/α-hetero) is 1. The molecule has 0 aromatic carbocycles. The summed E-state index contributed by atoms with van der Waals surface area (Å²) in [6.07, 6.45) is 10.9. The predicted octanol–water partition coefficient (Wildman–Crippen LogP) is 4.19. The summed E-state index contributed by atoms with van der Waals surface area (Å²) in [5, 5.41) is 35.0. The first-order chi connectivity index (χ1) is 18.4. The summed E-state index contributed by atoms with van der Waals surface area (Å²) in [5.41, 5.74) is -1.12. The van der Waals surface area contributed by atoms with Crippen LogP contribution < -0.4 is 5.32 Å². The van der Waals surface area contributed by atoms with Crippen LogP contribution in [-0.2, 0) is 19.1 Å². The number of ether oxygens (including phenoxy) is 2. The van der Waals surface area contributed by atoms with E-state index in [-0.39, 0.29) is 25.0 Å². The van der Waals surface area contributed by atoms with Crippen LogP contribution in [0.5, 0.6) is 0 Å². The lowest BCUT2D eigenvalue weighted by Gasteiger charge is -2.47. The first-order valence-corrected chi connectivity index (χ1v) is 15.0. The van der Waals surface area contributed by atoms with Crippen molar-refractivity contribution >= 4 is 11.7 Å². The average molecular weight is 556 g/mol. The number of aliphatic hydroxyl groups excluding tert-OH is 3. The highest BCUT2D eigenvalue weighted by atomic mass is 16.5. The van der Waals surface area contributed by atoms with E-state index in [0.717, 1.165) is 12.8 Å². The number of carbonyl (C=O) groups is 2. The Hall–Kier alpha value is -1.32. The van der Waals surface area contributed by atoms with Crippen molar-refractivity contribution in [3.05, 3.63) is 12.2 Å². The van der Waals surface area contributed by atoms with Crippen LogP contribution in [0.4, 0.5) is 0 Å². The normalized spacial score (nSPS) is 26.4. The van der Waals surface area contributed by atoms with Gasteiger partial charge in [-0.1, -0.05) is 85.3 Å². The molecule has 0 bridgehead atoms. The lowest BCUT2D eigenvalue weighted by Crippen LogP contribution is -2.63. The Morgan fingerprint density at radius 3 is 2.41 bits per heavy atom. The maximum atomic E-state index is 13.1. The van der Waals surface area contributed by atoms with E-state index in [1.165, 1.54) is 45.6 Å². The van der Waals surface area contributed by atoms with Gasteiger partial charge in [-0.15, -0.1) is 0 Å². The molecular formula is C31H57NO7. The van der Waals surface area contributed by atoms with Crippen LogP contribution in [0.2, 0.25) is 0 Å². The smallest absolute Gasteiger partial charge is 0.220 e. The second kappa shape index (κ2) is 18.2. The number of unbranched alkanes of at least 4 members (excludes halogenated alkanes) is 4. The largest absolute Gasteiger partial charge is 0.392 e. The fourth-order valence-corrected chi connectivity index (χ4v) is 5.72. The van der Waals surface area contributed by atoms with Crippen molar-refractivity contribution in [1.82, 2.24) is 5.32 Å². The molecule has 1 aliphatic carbocycles. The van der Waals surface area contributed by atoms with Gasteiger partial charge in [0.25, 0.3) is 0 Å². The number of hydrogen-bond donors (Lipinski definition) is 4. The van der Waals surface area contributed by atoms with Crippen molar-refractivity contribution in [3.8, 4) is 0 Å². The van der Waals surface area contributed by atoms with Gasteiger partial charge in [-0.05, 0) is 25.2 Å². The molecule has 8 nitrogen and oxygen atoms in total. The fourth-order valence-electron chi connectivity index (χ4n) is 5.72. The fraction of sp³-hybridized carbons (Fsp3) is 0.871. The minimum Gasteiger partial charge on any atom is -0.392 e. The molecule has 1 aliphatic rings. The van der Waals surface area contributed by atoms with Crippen LogP contribution in [0.25, 0.3) is 0 Å². The van der Waals surface area contributed by atoms with Crippen LogP contribution in [0.3, 0.4) is 0 Å². The van der Waals surface area contributed by atoms with Gasteiger partial charge in [0.1, 0.15) is 5.78 Å². The van der Waals surface area contributed by atoms with E-state index in [0.29, 0.717) is 12.3 Å². The summed E-state index contributed by atoms with van der Waals surface area (Å²) < 4.78 is 10.9. The summed E-state index contributed by atoms with van der Waals surface area (Å²) in [4.78, 5) is 25.7. The van der Waals surface area contributed by atoms with Crippen molar-refractivity contribution in [3.63, 3.8) is 0 Å². The molecule has 0 radical (unpaired) electrons. The third kappa shape index (κ3) is 11.2. The molecule has 1 saturated carbocycles. The van der Waals surface area contributed by atoms with Crippen molar-refractivity contribution in [2.45, 2.75) is 129 Å². The van der Waals surface area contributed by atoms with Crippen LogP contribution in [0, 0.1) is 23.2 Å². The molecule has 0 saturated heterocycles. The van der Waals surface area contributed by atoms with Gasteiger partial charge in [0.15, 0.2) is 0 Å². The van der Waals surface area contributed by atoms with E-state index < -0.39 is 47.4 Å². The number of hydrogen-bond acceptors (Lipinski definition) is 7. The molecule has 0 unspecified atom stereocenters. The molecule has 0 aromatic rings. The molecule has 228 valence electrons. The van der Waals surface area contributed by atoms with Gasteiger partial charge in [-0.25, -0.2) is 0 Å². The number of amides is 1. The third-order valence-electron chi connectivity index (χ3n) is 8.46. The SMILES string of the molecule is CCCCCCC[C@H](C)C[C@H](C/C=C/CCC(=O)N[C@H](COC)[C@H](O)[C@H]1C(=O)C(C)(C)[C@@H](O)[C@@H](C)[C@H]1O)OC. The van der Waals surface area contributed by atoms with E-state index in [1.54, 1.807) is 27.9 Å². The monoisotopic (exact) mass is 555 g/mol. The number of rotatable bonds is 19. The number of nitrogens with one attached hydrogen (secondary N) is 1. The Morgan fingerprint density at radius 1 is 1.13 bits per heavy atom. The van der Waals surface area contributed by atoms with Crippen LogP contribution in [0.15, 0.2) is 12.2 Å². The highest BCUT2D eigenvalue weighted by Gasteiger charge is 2.55. The first-order valence-electron chi connectivity index (χ1n) is 15.0. The number of carbonyl (C=O) groups excluding carboxylic acids is 2. The van der Waals surface area contributed by atoms with Gasteiger partial charge in [-0.2, -0.15) is 0 Å². The number of ketones is 1. The molecule has 0 aromatic heterocycles. The standard InChI is InChI=1S/C31H57NO7/c1-8-9-10-11-13-16-21(2)19-23(39-7)17-14-12-15-18-25(33)32-24(20-38-6)28(35)26-27(34)22(3)29(36)31(4,5)30(26)37/h12,14,21-24,26-29,34-36H,8-11,13,15-20H2,1-7H3,(H,32,33)/b14-12+/t21-,22-,23-,24+,26-,27+,28-,29-/m0/s1. The quantitative estimate of drug-likeness (QED) is 0.139. The molecule has 0 aliphatic heterocycles. The molecule has 1 amide bonds. The molecular weight excluding hydrogens is 498 g/mol. The minimum absolute atomic E-state index is 0.0110. The summed E-state index contributed by atoms with van der Waals surface area (Å²) in [6.45, 7) is 9.39. The summed E-state index contributed by atoms with van der Waals surface area (Å²) >= 11 is 0. The molecule has 0 heterocycles. The van der Waals surface area contributed by atoms with Gasteiger partial charge in [-0.3, -0.25) is 9.59 Å². The zero-order valence-electron chi connectivity index (χ0n) is 25.5. The third-order valence-corrected chi connectivity index (χ3v) is 8.46. The topological polar surface area (TPSA) is 125 Å². The Labute approximate surface area is 236 Å². The summed E-state index contributed by atoms with van der Waals surface area (Å²) in [5.74, 6) is -1.82. The summed E-state index contributed by atoms with van der Waals surface area (Å²) in [6, 6.07) is -0.866. The summed E-state index contributed by atoms with van der Waals surface area (Å²) in [7, 11) is 3.20. The second-order valence-electron chi connectivity index (χ2n) is 12.2. The molecule has 8 heteroatoms. The van der Waals surface area contributed by atoms with E-state index in [2.05, 4.69) is 25.2 Å². The number of allylic oxidation sites excluding steroid dienone is 1. The van der Waals surface area contributed by atoms with Gasteiger partial charge in [0, 0.05) is 26.6 Å². The Morgan fingerprint density at radius 2 is 1.79 bits per heavy atom. The molecule has 0 spiro atoms. The number of aliphatic hydroxyl groups is 3. The predicted molar refractivity (Wildman–Crippen MR) is 154 cm³/mol. The van der Waals surface area contributed by atoms with Crippen LogP contribution in [0.1, 0.15) is 98.8 Å². The van der Waals surface area contributed by atoms with E-state index >= 15 is 0 Å². The minimum atomic E-state index is -1.35. The Kier molecular flexibility index (Phi) is 16.6. The maximum Gasteiger partial charge on any atom is 0.220 e. The van der Waals surface area contributed by atoms with Crippen LogP contribution in [-0.4, -0.2) is 78.3 Å². The zero-order valence-corrected chi connectivity index (χ0v) is 25.5. The highest BCUT2D eigenvalue weighted by Crippen LogP contribution is 2.41. The van der Waals surface area contributed by atoms with E-state index in [1.807, 2.05) is 6.08 Å². The molecule has 39 heavy (non-hydrogen) atoms. The van der Waals surface area contributed by atoms with E-state index in [4.69, 9.17) is 9.47 Å². The van der Waals surface area contributed by atoms with Crippen molar-refractivity contribution < 1.29 is 34.4 Å². The van der Waals surface area contributed by atoms with Gasteiger partial charge in [0.05, 0.1) is 48.4 Å². The van der Waals surface area contributed by atoms with E-state index in [9.17, 15) is 24.9 Å². The zero-order chi connectivity index (χ0) is 29.6. The van der Waals surface area contributed by atoms with Gasteiger partial charge in [0.2, 0.25) is 5.91 Å². The lowest BCUT2D eigenvalue weighted by molar-refractivity contribution is -0.173. The van der Waals surface area contributed by atoms with Gasteiger partial charge < -0.3 is 30.1 Å². The average Bonchev–Trinajstić information content (AvgIpc) is 2.90. The van der Waals surface area contributed by atoms with Crippen LogP contribution >= 0.6 is 0 Å². The first kappa shape index (κ1) is 35.7. The maximum absolute atomic E-state index is 13.1. The second-order valence-corrected chi connectivity index (χ2v) is 12.2. The Balaban J connectivity index is 2.56. The molecule has 8 atom stereocenters. The Bertz CT molecular complexity index is 740. The molecule has 4 N–H and O–H groups in total. The highest BCUT2D eigenvalue weighted by molar-refractivity contribution is 5.89. The van der Waals surface area contributed by atoms with Gasteiger partial charge >= 0.3 is 0 Å². The molecule has 1 fully saturated rings. The lowest BCUT2D eigenvalue weighted by atomic mass is 9.61.